The van der Waals surface area contributed by atoms with Gasteiger partial charge in [-0.1, -0.05) is 18.2 Å². The Bertz CT molecular complexity index is 775. The fraction of sp³-hybridized carbons (Fsp3) is 0.111. The van der Waals surface area contributed by atoms with Gasteiger partial charge in [-0.15, -0.1) is 17.5 Å². The highest BCUT2D eigenvalue weighted by Crippen LogP contribution is 2.34. The molecule has 0 spiro atoms. The van der Waals surface area contributed by atoms with Crippen LogP contribution in [0.15, 0.2) is 57.6 Å². The Balaban J connectivity index is 2.29. The van der Waals surface area contributed by atoms with Crippen molar-refractivity contribution in [2.24, 2.45) is 10.2 Å². The maximum atomic E-state index is 10.0. The summed E-state index contributed by atoms with van der Waals surface area (Å²) in [5, 5.41) is 18.3. The molecule has 5 heteroatoms. The second-order valence-corrected chi connectivity index (χ2v) is 5.40. The Hall–Kier alpha value is -2.55. The van der Waals surface area contributed by atoms with Crippen LogP contribution in [0.4, 0.5) is 11.4 Å². The highest BCUT2D eigenvalue weighted by atomic mass is 32.2. The van der Waals surface area contributed by atoms with Crippen molar-refractivity contribution < 1.29 is 9.66 Å². The number of rotatable bonds is 5. The summed E-state index contributed by atoms with van der Waals surface area (Å²) in [6, 6.07) is 10.4. The molecule has 0 aromatic heterocycles. The Labute approximate surface area is 139 Å². The van der Waals surface area contributed by atoms with Crippen LogP contribution in [-0.2, 0) is 0 Å². The van der Waals surface area contributed by atoms with Gasteiger partial charge in [0.2, 0.25) is 0 Å². The second-order valence-electron chi connectivity index (χ2n) is 4.74. The molecular formula is C18H16N2O2S. The number of azo groups is 1. The van der Waals surface area contributed by atoms with Crippen LogP contribution in [0.5, 0.6) is 5.75 Å². The molecule has 2 aromatic carbocycles. The zero-order chi connectivity index (χ0) is 16.7. The average molecular weight is 324 g/mol. The van der Waals surface area contributed by atoms with Crippen LogP contribution < -0.4 is 0 Å². The summed E-state index contributed by atoms with van der Waals surface area (Å²) in [7, 11) is 0. The van der Waals surface area contributed by atoms with Crippen molar-refractivity contribution in [3.8, 4) is 18.1 Å². The lowest BCUT2D eigenvalue weighted by molar-refractivity contribution is 0.476. The molecule has 0 heterocycles. The topological polar surface area (TPSA) is 65.2 Å². The molecule has 2 rings (SSSR count). The lowest BCUT2D eigenvalue weighted by Crippen LogP contribution is -1.82. The van der Waals surface area contributed by atoms with Crippen molar-refractivity contribution in [3.63, 3.8) is 0 Å². The standard InChI is InChI=1S/C18H16N2O2S/c1-3-4-5-6-14-7-12-17(21)18(13(14)2)20-19-15-8-10-16(23-22)11-9-15/h1,5-12,21-22H,4H2,2H3/b6-5-,20-19?. The summed E-state index contributed by atoms with van der Waals surface area (Å²) >= 11 is 0.674. The van der Waals surface area contributed by atoms with Gasteiger partial charge in [0, 0.05) is 23.4 Å². The summed E-state index contributed by atoms with van der Waals surface area (Å²) < 4.78 is 8.94. The van der Waals surface area contributed by atoms with Gasteiger partial charge in [0.15, 0.2) is 0 Å². The summed E-state index contributed by atoms with van der Waals surface area (Å²) in [5.41, 5.74) is 2.81. The van der Waals surface area contributed by atoms with E-state index in [2.05, 4.69) is 16.1 Å². The molecule has 4 nitrogen and oxygen atoms in total. The molecule has 0 unspecified atom stereocenters. The molecule has 2 aromatic rings. The van der Waals surface area contributed by atoms with E-state index in [-0.39, 0.29) is 5.75 Å². The molecule has 0 aliphatic rings. The number of benzene rings is 2. The average Bonchev–Trinajstić information content (AvgIpc) is 2.57. The first kappa shape index (κ1) is 16.8. The molecule has 0 amide bonds. The third kappa shape index (κ3) is 4.46. The third-order valence-corrected chi connectivity index (χ3v) is 3.68. The molecule has 0 fully saturated rings. The minimum Gasteiger partial charge on any atom is -0.506 e. The Morgan fingerprint density at radius 3 is 2.57 bits per heavy atom. The molecule has 116 valence electrons. The molecule has 23 heavy (non-hydrogen) atoms. The van der Waals surface area contributed by atoms with Crippen LogP contribution in [0.1, 0.15) is 17.5 Å². The van der Waals surface area contributed by atoms with Crippen LogP contribution >= 0.6 is 12.0 Å². The van der Waals surface area contributed by atoms with E-state index in [1.54, 1.807) is 30.3 Å². The highest BCUT2D eigenvalue weighted by molar-refractivity contribution is 7.93. The van der Waals surface area contributed by atoms with E-state index >= 15 is 0 Å². The predicted octanol–water partition coefficient (Wildman–Crippen LogP) is 5.72. The van der Waals surface area contributed by atoms with Crippen molar-refractivity contribution in [3.05, 3.63) is 53.6 Å². The number of aromatic hydroxyl groups is 1. The number of phenolic OH excluding ortho intramolecular Hbond substituents is 1. The minimum absolute atomic E-state index is 0.0721. The highest BCUT2D eigenvalue weighted by Gasteiger charge is 2.07. The lowest BCUT2D eigenvalue weighted by atomic mass is 10.1. The zero-order valence-electron chi connectivity index (χ0n) is 12.6. The van der Waals surface area contributed by atoms with Crippen molar-refractivity contribution in [2.45, 2.75) is 18.2 Å². The quantitative estimate of drug-likeness (QED) is 0.420. The molecule has 0 saturated carbocycles. The normalized spacial score (nSPS) is 11.2. The third-order valence-electron chi connectivity index (χ3n) is 3.19. The van der Waals surface area contributed by atoms with Crippen LogP contribution in [0, 0.1) is 19.3 Å². The fourth-order valence-corrected chi connectivity index (χ4v) is 2.20. The summed E-state index contributed by atoms with van der Waals surface area (Å²) in [5.74, 6) is 2.61. The smallest absolute Gasteiger partial charge is 0.143 e. The van der Waals surface area contributed by atoms with Crippen LogP contribution in [-0.4, -0.2) is 9.66 Å². The lowest BCUT2D eigenvalue weighted by Gasteiger charge is -2.06. The first-order chi connectivity index (χ1) is 11.2. The van der Waals surface area contributed by atoms with Gasteiger partial charge >= 0.3 is 0 Å². The van der Waals surface area contributed by atoms with E-state index in [1.165, 1.54) is 0 Å². The van der Waals surface area contributed by atoms with E-state index in [0.29, 0.717) is 29.8 Å². The Kier molecular flexibility index (Phi) is 5.98. The van der Waals surface area contributed by atoms with Gasteiger partial charge in [-0.3, -0.25) is 0 Å². The van der Waals surface area contributed by atoms with Gasteiger partial charge in [0.1, 0.15) is 11.4 Å². The van der Waals surface area contributed by atoms with Crippen molar-refractivity contribution >= 4 is 29.5 Å². The Morgan fingerprint density at radius 1 is 1.17 bits per heavy atom. The van der Waals surface area contributed by atoms with E-state index in [4.69, 9.17) is 11.0 Å². The first-order valence-electron chi connectivity index (χ1n) is 6.91. The summed E-state index contributed by atoms with van der Waals surface area (Å²) in [6.45, 7) is 1.87. The van der Waals surface area contributed by atoms with Crippen LogP contribution in [0.3, 0.4) is 0 Å². The summed E-state index contributed by atoms with van der Waals surface area (Å²) in [4.78, 5) is 0.726. The van der Waals surface area contributed by atoms with Crippen LogP contribution in [0.2, 0.25) is 0 Å². The molecule has 0 aliphatic heterocycles. The maximum absolute atomic E-state index is 10.0. The summed E-state index contributed by atoms with van der Waals surface area (Å²) in [6.07, 6.45) is 9.56. The molecule has 0 bridgehead atoms. The molecule has 0 aliphatic carbocycles. The van der Waals surface area contributed by atoms with E-state index in [1.807, 2.05) is 25.1 Å². The Morgan fingerprint density at radius 2 is 1.91 bits per heavy atom. The molecular weight excluding hydrogens is 308 g/mol. The first-order valence-corrected chi connectivity index (χ1v) is 7.69. The van der Waals surface area contributed by atoms with Crippen LogP contribution in [0.25, 0.3) is 6.08 Å². The monoisotopic (exact) mass is 324 g/mol. The van der Waals surface area contributed by atoms with Gasteiger partial charge in [-0.25, -0.2) is 0 Å². The van der Waals surface area contributed by atoms with E-state index < -0.39 is 0 Å². The van der Waals surface area contributed by atoms with Gasteiger partial charge in [0.05, 0.1) is 5.69 Å². The van der Waals surface area contributed by atoms with Crippen molar-refractivity contribution in [2.75, 3.05) is 0 Å². The van der Waals surface area contributed by atoms with Gasteiger partial charge in [-0.05, 0) is 48.4 Å². The molecule has 0 atom stereocenters. The number of hydrogen-bond donors (Lipinski definition) is 2. The predicted molar refractivity (Wildman–Crippen MR) is 94.4 cm³/mol. The van der Waals surface area contributed by atoms with Crippen molar-refractivity contribution in [1.29, 1.82) is 0 Å². The zero-order valence-corrected chi connectivity index (χ0v) is 13.4. The fourth-order valence-electron chi connectivity index (χ4n) is 1.94. The van der Waals surface area contributed by atoms with Crippen molar-refractivity contribution in [1.82, 2.24) is 0 Å². The minimum atomic E-state index is 0.0721. The van der Waals surface area contributed by atoms with Gasteiger partial charge in [-0.2, -0.15) is 5.11 Å². The van der Waals surface area contributed by atoms with Gasteiger partial charge in [0.25, 0.3) is 0 Å². The number of allylic oxidation sites excluding steroid dienone is 1. The number of terminal acetylenes is 1. The van der Waals surface area contributed by atoms with Gasteiger partial charge < -0.3 is 9.66 Å². The SMILES string of the molecule is C#CC/C=C\c1ccc(O)c(N=Nc2ccc(SO)cc2)c1C. The largest absolute Gasteiger partial charge is 0.506 e. The number of nitrogens with zero attached hydrogens (tertiary/aromatic N) is 2. The number of hydrogen-bond acceptors (Lipinski definition) is 5. The second kappa shape index (κ2) is 8.18. The van der Waals surface area contributed by atoms with E-state index in [9.17, 15) is 5.11 Å². The van der Waals surface area contributed by atoms with E-state index in [0.717, 1.165) is 16.0 Å². The number of phenols is 1. The molecule has 0 radical (unpaired) electrons. The molecule has 2 N–H and O–H groups in total. The molecule has 0 saturated heterocycles. The maximum Gasteiger partial charge on any atom is 0.143 e.